The summed E-state index contributed by atoms with van der Waals surface area (Å²) in [4.78, 5) is 21.4. The Labute approximate surface area is 218 Å². The van der Waals surface area contributed by atoms with E-state index in [4.69, 9.17) is 9.47 Å². The SMILES string of the molecule is COc1ccc(-c2ccc(S(C)(=O)=O)cc2C(=O)N2CCN(c3ccc(C(F)(F)F)cc3)CC2)c(OC)n1. The lowest BCUT2D eigenvalue weighted by Crippen LogP contribution is -2.49. The number of sulfone groups is 1. The second-order valence-corrected chi connectivity index (χ2v) is 10.7. The first-order chi connectivity index (χ1) is 17.9. The van der Waals surface area contributed by atoms with Gasteiger partial charge in [-0.05, 0) is 48.0 Å². The molecule has 1 amide bonds. The number of alkyl halides is 3. The molecule has 1 aromatic heterocycles. The molecule has 2 heterocycles. The molecule has 0 unspecified atom stereocenters. The zero-order valence-corrected chi connectivity index (χ0v) is 21.8. The van der Waals surface area contributed by atoms with Crippen LogP contribution >= 0.6 is 0 Å². The fraction of sp³-hybridized carbons (Fsp3) is 0.308. The number of hydrogen-bond acceptors (Lipinski definition) is 7. The number of carbonyl (C=O) groups excluding carboxylic acids is 1. The minimum Gasteiger partial charge on any atom is -0.481 e. The maximum absolute atomic E-state index is 13.7. The quantitative estimate of drug-likeness (QED) is 0.457. The van der Waals surface area contributed by atoms with Crippen molar-refractivity contribution in [2.45, 2.75) is 11.1 Å². The van der Waals surface area contributed by atoms with Crippen molar-refractivity contribution < 1.29 is 35.9 Å². The third-order valence-corrected chi connectivity index (χ3v) is 7.41. The molecule has 1 saturated heterocycles. The van der Waals surface area contributed by atoms with E-state index in [0.29, 0.717) is 48.9 Å². The van der Waals surface area contributed by atoms with E-state index in [1.165, 1.54) is 38.5 Å². The first-order valence-corrected chi connectivity index (χ1v) is 13.5. The van der Waals surface area contributed by atoms with Crippen LogP contribution in [0.2, 0.25) is 0 Å². The topological polar surface area (TPSA) is 89.0 Å². The summed E-state index contributed by atoms with van der Waals surface area (Å²) in [6.07, 6.45) is -3.35. The van der Waals surface area contributed by atoms with Gasteiger partial charge < -0.3 is 19.3 Å². The molecule has 0 aliphatic carbocycles. The molecule has 3 aromatic rings. The molecule has 2 aromatic carbocycles. The molecule has 1 aliphatic rings. The summed E-state index contributed by atoms with van der Waals surface area (Å²) in [5.41, 5.74) is 0.997. The first-order valence-electron chi connectivity index (χ1n) is 11.6. The van der Waals surface area contributed by atoms with Gasteiger partial charge in [0.15, 0.2) is 9.84 Å². The van der Waals surface area contributed by atoms with Crippen molar-refractivity contribution in [3.05, 3.63) is 65.7 Å². The van der Waals surface area contributed by atoms with Crippen LogP contribution in [0.5, 0.6) is 11.8 Å². The van der Waals surface area contributed by atoms with Crippen LogP contribution in [0.3, 0.4) is 0 Å². The van der Waals surface area contributed by atoms with Crippen molar-refractivity contribution in [1.82, 2.24) is 9.88 Å². The molecule has 0 bridgehead atoms. The number of ether oxygens (including phenoxy) is 2. The molecule has 0 atom stereocenters. The number of anilines is 1. The van der Waals surface area contributed by atoms with Gasteiger partial charge in [0, 0.05) is 55.3 Å². The summed E-state index contributed by atoms with van der Waals surface area (Å²) in [6.45, 7) is 1.37. The molecule has 12 heteroatoms. The van der Waals surface area contributed by atoms with Gasteiger partial charge in [-0.2, -0.15) is 18.2 Å². The Bertz CT molecular complexity index is 1440. The van der Waals surface area contributed by atoms with Crippen LogP contribution < -0.4 is 14.4 Å². The van der Waals surface area contributed by atoms with Crippen molar-refractivity contribution in [1.29, 1.82) is 0 Å². The number of nitrogens with zero attached hydrogens (tertiary/aromatic N) is 3. The second kappa shape index (κ2) is 10.5. The van der Waals surface area contributed by atoms with E-state index in [-0.39, 0.29) is 22.2 Å². The summed E-state index contributed by atoms with van der Waals surface area (Å²) in [5.74, 6) is 0.138. The van der Waals surface area contributed by atoms with Crippen LogP contribution in [0.25, 0.3) is 11.1 Å². The fourth-order valence-electron chi connectivity index (χ4n) is 4.26. The van der Waals surface area contributed by atoms with Crippen LogP contribution in [0.4, 0.5) is 18.9 Å². The number of amides is 1. The monoisotopic (exact) mass is 549 g/mol. The van der Waals surface area contributed by atoms with Gasteiger partial charge >= 0.3 is 6.18 Å². The standard InChI is InChI=1S/C26H26F3N3O5S/c1-36-23-11-10-21(24(30-23)37-2)20-9-8-19(38(3,34)35)16-22(20)25(33)32-14-12-31(13-15-32)18-6-4-17(5-7-18)26(27,28)29/h4-11,16H,12-15H2,1-3H3. The number of benzene rings is 2. The summed E-state index contributed by atoms with van der Waals surface area (Å²) in [7, 11) is -0.711. The second-order valence-electron chi connectivity index (χ2n) is 8.71. The van der Waals surface area contributed by atoms with Gasteiger partial charge in [-0.25, -0.2) is 8.42 Å². The highest BCUT2D eigenvalue weighted by atomic mass is 32.2. The summed E-state index contributed by atoms with van der Waals surface area (Å²) in [5, 5.41) is 0. The number of hydrogen-bond donors (Lipinski definition) is 0. The normalized spacial score (nSPS) is 14.4. The lowest BCUT2D eigenvalue weighted by molar-refractivity contribution is -0.137. The molecule has 1 fully saturated rings. The Kier molecular flexibility index (Phi) is 7.54. The van der Waals surface area contributed by atoms with Gasteiger partial charge in [0.1, 0.15) is 0 Å². The predicted molar refractivity (Wildman–Crippen MR) is 135 cm³/mol. The molecule has 4 rings (SSSR count). The Morgan fingerprint density at radius 1 is 0.895 bits per heavy atom. The number of methoxy groups -OCH3 is 2. The van der Waals surface area contributed by atoms with E-state index in [1.54, 1.807) is 23.1 Å². The minimum absolute atomic E-state index is 0.00609. The van der Waals surface area contributed by atoms with E-state index in [1.807, 2.05) is 4.90 Å². The number of halogens is 3. The third kappa shape index (κ3) is 5.69. The lowest BCUT2D eigenvalue weighted by Gasteiger charge is -2.36. The summed E-state index contributed by atoms with van der Waals surface area (Å²) in [6, 6.07) is 12.5. The van der Waals surface area contributed by atoms with E-state index in [2.05, 4.69) is 4.98 Å². The van der Waals surface area contributed by atoms with Gasteiger partial charge in [-0.3, -0.25) is 4.79 Å². The van der Waals surface area contributed by atoms with E-state index >= 15 is 0 Å². The highest BCUT2D eigenvalue weighted by Crippen LogP contribution is 2.35. The molecular weight excluding hydrogens is 523 g/mol. The smallest absolute Gasteiger partial charge is 0.416 e. The molecule has 8 nitrogen and oxygen atoms in total. The average Bonchev–Trinajstić information content (AvgIpc) is 2.91. The van der Waals surface area contributed by atoms with Gasteiger partial charge in [0.2, 0.25) is 11.8 Å². The molecule has 1 aliphatic heterocycles. The Balaban J connectivity index is 1.62. The molecule has 38 heavy (non-hydrogen) atoms. The van der Waals surface area contributed by atoms with Crippen molar-refractivity contribution in [3.8, 4) is 22.9 Å². The summed E-state index contributed by atoms with van der Waals surface area (Å²) < 4.78 is 73.8. The van der Waals surface area contributed by atoms with Crippen LogP contribution in [-0.4, -0.2) is 70.9 Å². The van der Waals surface area contributed by atoms with Crippen LogP contribution in [-0.2, 0) is 16.0 Å². The van der Waals surface area contributed by atoms with Crippen molar-refractivity contribution >= 4 is 21.4 Å². The van der Waals surface area contributed by atoms with Gasteiger partial charge in [-0.1, -0.05) is 6.07 Å². The van der Waals surface area contributed by atoms with Crippen LogP contribution in [0.1, 0.15) is 15.9 Å². The van der Waals surface area contributed by atoms with Crippen molar-refractivity contribution in [2.75, 3.05) is 51.6 Å². The number of pyridine rings is 1. The fourth-order valence-corrected chi connectivity index (χ4v) is 4.91. The molecule has 202 valence electrons. The Hall–Kier alpha value is -3.80. The maximum atomic E-state index is 13.7. The molecule has 0 radical (unpaired) electrons. The minimum atomic E-state index is -4.41. The highest BCUT2D eigenvalue weighted by molar-refractivity contribution is 7.90. The number of rotatable bonds is 6. The van der Waals surface area contributed by atoms with Crippen molar-refractivity contribution in [3.63, 3.8) is 0 Å². The van der Waals surface area contributed by atoms with Crippen LogP contribution in [0, 0.1) is 0 Å². The van der Waals surface area contributed by atoms with Gasteiger partial charge in [-0.15, -0.1) is 0 Å². The van der Waals surface area contributed by atoms with E-state index < -0.39 is 21.6 Å². The van der Waals surface area contributed by atoms with Gasteiger partial charge in [0.25, 0.3) is 5.91 Å². The highest BCUT2D eigenvalue weighted by Gasteiger charge is 2.31. The maximum Gasteiger partial charge on any atom is 0.416 e. The van der Waals surface area contributed by atoms with E-state index in [9.17, 15) is 26.4 Å². The predicted octanol–water partition coefficient (Wildman–Crippen LogP) is 4.15. The zero-order valence-electron chi connectivity index (χ0n) is 20.9. The number of carbonyl (C=O) groups is 1. The largest absolute Gasteiger partial charge is 0.481 e. The number of piperazine rings is 1. The Morgan fingerprint density at radius 3 is 2.08 bits per heavy atom. The van der Waals surface area contributed by atoms with Gasteiger partial charge in [0.05, 0.1) is 24.7 Å². The third-order valence-electron chi connectivity index (χ3n) is 6.30. The molecular formula is C26H26F3N3O5S. The van der Waals surface area contributed by atoms with E-state index in [0.717, 1.165) is 18.4 Å². The summed E-state index contributed by atoms with van der Waals surface area (Å²) >= 11 is 0. The zero-order chi connectivity index (χ0) is 27.7. The molecule has 0 saturated carbocycles. The van der Waals surface area contributed by atoms with Crippen LogP contribution in [0.15, 0.2) is 59.5 Å². The number of aromatic nitrogens is 1. The lowest BCUT2D eigenvalue weighted by atomic mass is 9.99. The van der Waals surface area contributed by atoms with Crippen molar-refractivity contribution in [2.24, 2.45) is 0 Å². The molecule has 0 spiro atoms. The average molecular weight is 550 g/mol. The first kappa shape index (κ1) is 27.2. The molecule has 0 N–H and O–H groups in total. The Morgan fingerprint density at radius 2 is 1.53 bits per heavy atom.